The second kappa shape index (κ2) is 6.58. The molecule has 2 heterocycles. The number of benzene rings is 1. The SMILES string of the molecule is COC1OC(CO)C(OC)C(O)C1N1C(=O)c2ccccc2C1=O. The zero-order valence-corrected chi connectivity index (χ0v) is 13.3. The van der Waals surface area contributed by atoms with Gasteiger partial charge in [-0.2, -0.15) is 0 Å². The lowest BCUT2D eigenvalue weighted by molar-refractivity contribution is -0.276. The second-order valence-corrected chi connectivity index (χ2v) is 5.67. The van der Waals surface area contributed by atoms with Crippen LogP contribution in [-0.2, 0) is 14.2 Å². The molecule has 8 nitrogen and oxygen atoms in total. The van der Waals surface area contributed by atoms with Crippen molar-refractivity contribution in [3.05, 3.63) is 35.4 Å². The smallest absolute Gasteiger partial charge is 0.262 e. The number of nitrogens with zero attached hydrogens (tertiary/aromatic N) is 1. The molecule has 130 valence electrons. The Bertz CT molecular complexity index is 614. The van der Waals surface area contributed by atoms with Crippen molar-refractivity contribution in [2.24, 2.45) is 0 Å². The minimum atomic E-state index is -1.27. The molecule has 0 aliphatic carbocycles. The van der Waals surface area contributed by atoms with Crippen LogP contribution >= 0.6 is 0 Å². The summed E-state index contributed by atoms with van der Waals surface area (Å²) in [4.78, 5) is 26.3. The van der Waals surface area contributed by atoms with Gasteiger partial charge in [-0.25, -0.2) is 0 Å². The summed E-state index contributed by atoms with van der Waals surface area (Å²) < 4.78 is 16.0. The molecule has 0 saturated carbocycles. The first-order valence-corrected chi connectivity index (χ1v) is 7.52. The fraction of sp³-hybridized carbons (Fsp3) is 0.500. The van der Waals surface area contributed by atoms with Gasteiger partial charge < -0.3 is 24.4 Å². The third-order valence-corrected chi connectivity index (χ3v) is 4.45. The normalized spacial score (nSPS) is 33.0. The number of methoxy groups -OCH3 is 2. The summed E-state index contributed by atoms with van der Waals surface area (Å²) in [5.41, 5.74) is 0.533. The maximum absolute atomic E-state index is 12.7. The number of hydrogen-bond acceptors (Lipinski definition) is 7. The van der Waals surface area contributed by atoms with Crippen LogP contribution in [0.4, 0.5) is 0 Å². The number of amides is 2. The van der Waals surface area contributed by atoms with Crippen molar-refractivity contribution in [2.45, 2.75) is 30.6 Å². The quantitative estimate of drug-likeness (QED) is 0.706. The lowest BCUT2D eigenvalue weighted by atomic mass is 9.95. The molecule has 5 unspecified atom stereocenters. The Morgan fingerprint density at radius 2 is 1.71 bits per heavy atom. The Kier molecular flexibility index (Phi) is 4.66. The highest BCUT2D eigenvalue weighted by molar-refractivity contribution is 6.21. The molecule has 0 aromatic heterocycles. The van der Waals surface area contributed by atoms with E-state index in [1.165, 1.54) is 14.2 Å². The molecule has 3 rings (SSSR count). The van der Waals surface area contributed by atoms with Crippen LogP contribution in [0.2, 0.25) is 0 Å². The first-order valence-electron chi connectivity index (χ1n) is 7.52. The number of fused-ring (bicyclic) bond motifs is 1. The number of ether oxygens (including phenoxy) is 3. The third kappa shape index (κ3) is 2.43. The Morgan fingerprint density at radius 3 is 2.17 bits per heavy atom. The van der Waals surface area contributed by atoms with E-state index >= 15 is 0 Å². The maximum atomic E-state index is 12.7. The Balaban J connectivity index is 1.98. The first-order chi connectivity index (χ1) is 11.5. The van der Waals surface area contributed by atoms with Gasteiger partial charge in [-0.05, 0) is 12.1 Å². The molecule has 8 heteroatoms. The number of carbonyl (C=O) groups is 2. The van der Waals surface area contributed by atoms with Crippen molar-refractivity contribution in [3.63, 3.8) is 0 Å². The zero-order valence-electron chi connectivity index (χ0n) is 13.3. The molecule has 0 bridgehead atoms. The molecule has 2 aliphatic heterocycles. The standard InChI is InChI=1S/C16H19NO7/c1-22-13-10(7-18)24-16(23-2)11(12(13)19)17-14(20)8-5-3-4-6-9(8)15(17)21/h3-6,10-13,16,18-19H,7H2,1-2H3. The minimum Gasteiger partial charge on any atom is -0.394 e. The molecular formula is C16H19NO7. The van der Waals surface area contributed by atoms with Crippen LogP contribution in [0.15, 0.2) is 24.3 Å². The van der Waals surface area contributed by atoms with Gasteiger partial charge in [0.15, 0.2) is 6.29 Å². The predicted molar refractivity (Wildman–Crippen MR) is 80.3 cm³/mol. The summed E-state index contributed by atoms with van der Waals surface area (Å²) in [7, 11) is 2.69. The van der Waals surface area contributed by atoms with E-state index in [1.807, 2.05) is 0 Å². The molecule has 2 amide bonds. The van der Waals surface area contributed by atoms with Crippen LogP contribution in [0.25, 0.3) is 0 Å². The van der Waals surface area contributed by atoms with Gasteiger partial charge in [-0.1, -0.05) is 12.1 Å². The minimum absolute atomic E-state index is 0.266. The van der Waals surface area contributed by atoms with Crippen LogP contribution in [0.3, 0.4) is 0 Å². The maximum Gasteiger partial charge on any atom is 0.262 e. The predicted octanol–water partition coefficient (Wildman–Crippen LogP) is -0.609. The molecule has 5 atom stereocenters. The van der Waals surface area contributed by atoms with E-state index in [0.29, 0.717) is 0 Å². The van der Waals surface area contributed by atoms with Gasteiger partial charge in [-0.15, -0.1) is 0 Å². The summed E-state index contributed by atoms with van der Waals surface area (Å²) in [6, 6.07) is 5.34. The van der Waals surface area contributed by atoms with Crippen LogP contribution in [0, 0.1) is 0 Å². The monoisotopic (exact) mass is 337 g/mol. The van der Waals surface area contributed by atoms with Gasteiger partial charge in [0.05, 0.1) is 17.7 Å². The van der Waals surface area contributed by atoms with Gasteiger partial charge in [0.1, 0.15) is 24.4 Å². The van der Waals surface area contributed by atoms with E-state index in [4.69, 9.17) is 14.2 Å². The molecule has 1 aromatic rings. The lowest BCUT2D eigenvalue weighted by Crippen LogP contribution is -2.66. The lowest BCUT2D eigenvalue weighted by Gasteiger charge is -2.45. The number of rotatable bonds is 4. The van der Waals surface area contributed by atoms with Crippen molar-refractivity contribution in [2.75, 3.05) is 20.8 Å². The van der Waals surface area contributed by atoms with Crippen LogP contribution in [0.5, 0.6) is 0 Å². The van der Waals surface area contributed by atoms with Gasteiger partial charge in [0.2, 0.25) is 0 Å². The van der Waals surface area contributed by atoms with E-state index in [0.717, 1.165) is 4.90 Å². The Hall–Kier alpha value is -1.84. The van der Waals surface area contributed by atoms with Gasteiger partial charge in [-0.3, -0.25) is 14.5 Å². The summed E-state index contributed by atoms with van der Waals surface area (Å²) in [5.74, 6) is -1.05. The largest absolute Gasteiger partial charge is 0.394 e. The molecule has 24 heavy (non-hydrogen) atoms. The van der Waals surface area contributed by atoms with Crippen molar-refractivity contribution in [1.29, 1.82) is 0 Å². The van der Waals surface area contributed by atoms with Gasteiger partial charge >= 0.3 is 0 Å². The van der Waals surface area contributed by atoms with Crippen LogP contribution in [-0.4, -0.2) is 78.4 Å². The topological polar surface area (TPSA) is 106 Å². The van der Waals surface area contributed by atoms with Crippen LogP contribution < -0.4 is 0 Å². The molecule has 2 N–H and O–H groups in total. The number of imide groups is 1. The van der Waals surface area contributed by atoms with Crippen molar-refractivity contribution in [3.8, 4) is 0 Å². The summed E-state index contributed by atoms with van der Waals surface area (Å²) in [6.07, 6.45) is -4.09. The van der Waals surface area contributed by atoms with Crippen molar-refractivity contribution in [1.82, 2.24) is 4.90 Å². The number of hydrogen-bond donors (Lipinski definition) is 2. The number of carbonyl (C=O) groups excluding carboxylic acids is 2. The third-order valence-electron chi connectivity index (χ3n) is 4.45. The van der Waals surface area contributed by atoms with E-state index in [-0.39, 0.29) is 11.1 Å². The van der Waals surface area contributed by atoms with E-state index in [2.05, 4.69) is 0 Å². The second-order valence-electron chi connectivity index (χ2n) is 5.67. The van der Waals surface area contributed by atoms with E-state index < -0.39 is 49.1 Å². The fourth-order valence-electron chi connectivity index (χ4n) is 3.29. The average Bonchev–Trinajstić information content (AvgIpc) is 2.85. The Labute approximate surface area is 138 Å². The highest BCUT2D eigenvalue weighted by atomic mass is 16.7. The molecule has 2 aliphatic rings. The number of aliphatic hydroxyl groups excluding tert-OH is 2. The molecule has 0 spiro atoms. The van der Waals surface area contributed by atoms with Gasteiger partial charge in [0, 0.05) is 14.2 Å². The highest BCUT2D eigenvalue weighted by Crippen LogP contribution is 2.33. The first kappa shape index (κ1) is 17.0. The average molecular weight is 337 g/mol. The Morgan fingerprint density at radius 1 is 1.12 bits per heavy atom. The highest BCUT2D eigenvalue weighted by Gasteiger charge is 2.53. The summed E-state index contributed by atoms with van der Waals surface area (Å²) >= 11 is 0. The zero-order chi connectivity index (χ0) is 17.4. The van der Waals surface area contributed by atoms with Gasteiger partial charge in [0.25, 0.3) is 11.8 Å². The molecule has 0 radical (unpaired) electrons. The number of aliphatic hydroxyl groups is 2. The summed E-state index contributed by atoms with van der Waals surface area (Å²) in [5, 5.41) is 20.1. The molecule has 1 fully saturated rings. The molecule has 1 aromatic carbocycles. The fourth-order valence-corrected chi connectivity index (χ4v) is 3.29. The van der Waals surface area contributed by atoms with Crippen molar-refractivity contribution < 1.29 is 34.0 Å². The van der Waals surface area contributed by atoms with E-state index in [9.17, 15) is 19.8 Å². The van der Waals surface area contributed by atoms with E-state index in [1.54, 1.807) is 24.3 Å². The van der Waals surface area contributed by atoms with Crippen molar-refractivity contribution >= 4 is 11.8 Å². The van der Waals surface area contributed by atoms with Crippen LogP contribution in [0.1, 0.15) is 20.7 Å². The molecular weight excluding hydrogens is 318 g/mol. The summed E-state index contributed by atoms with van der Waals surface area (Å²) in [6.45, 7) is -0.399. The molecule has 1 saturated heterocycles.